The van der Waals surface area contributed by atoms with E-state index in [0.717, 1.165) is 5.92 Å². The Hall–Kier alpha value is -0.490. The molecule has 1 fully saturated rings. The number of alkyl halides is 1. The molecule has 0 N–H and O–H groups in total. The van der Waals surface area contributed by atoms with E-state index in [0.29, 0.717) is 0 Å². The molecule has 0 radical (unpaired) electrons. The Balaban J connectivity index is 2.21. The zero-order valence-electron chi connectivity index (χ0n) is 7.96. The number of hydrogen-bond donors (Lipinski definition) is 0. The lowest BCUT2D eigenvalue weighted by molar-refractivity contribution is 0.419. The van der Waals surface area contributed by atoms with Crippen molar-refractivity contribution in [2.24, 2.45) is 0 Å². The Bertz CT molecular complexity index is 287. The Morgan fingerprint density at radius 2 is 2.15 bits per heavy atom. The normalized spacial score (nSPS) is 19.5. The highest BCUT2D eigenvalue weighted by molar-refractivity contribution is 6.20. The summed E-state index contributed by atoms with van der Waals surface area (Å²) in [6, 6.07) is 8.73. The first-order valence-electron chi connectivity index (χ1n) is 5.01. The summed E-state index contributed by atoms with van der Waals surface area (Å²) in [5.74, 6) is 0.815. The zero-order chi connectivity index (χ0) is 9.26. The van der Waals surface area contributed by atoms with Crippen LogP contribution in [0.5, 0.6) is 0 Å². The van der Waals surface area contributed by atoms with E-state index >= 15 is 0 Å². The second-order valence-corrected chi connectivity index (χ2v) is 4.57. The zero-order valence-corrected chi connectivity index (χ0v) is 8.72. The minimum atomic E-state index is 0.139. The molecule has 1 aliphatic rings. The number of hydrogen-bond acceptors (Lipinski definition) is 0. The number of rotatable bonds is 2. The van der Waals surface area contributed by atoms with Crippen LogP contribution in [0.25, 0.3) is 0 Å². The first kappa shape index (κ1) is 9.08. The summed E-state index contributed by atoms with van der Waals surface area (Å²) in [6.07, 6.45) is 4.12. The van der Waals surface area contributed by atoms with Gasteiger partial charge in [0.15, 0.2) is 0 Å². The SMILES string of the molecule is CC(Cl)c1cccc(C2CCC2)c1. The first-order valence-corrected chi connectivity index (χ1v) is 5.45. The molecular weight excluding hydrogens is 180 g/mol. The summed E-state index contributed by atoms with van der Waals surface area (Å²) < 4.78 is 0. The second-order valence-electron chi connectivity index (χ2n) is 3.91. The van der Waals surface area contributed by atoms with Crippen LogP contribution in [0, 0.1) is 0 Å². The molecule has 0 spiro atoms. The van der Waals surface area contributed by atoms with Crippen molar-refractivity contribution in [3.63, 3.8) is 0 Å². The Labute approximate surface area is 84.9 Å². The van der Waals surface area contributed by atoms with Gasteiger partial charge in [0.05, 0.1) is 5.38 Å². The van der Waals surface area contributed by atoms with Gasteiger partial charge in [-0.1, -0.05) is 30.7 Å². The maximum Gasteiger partial charge on any atom is 0.0557 e. The van der Waals surface area contributed by atoms with E-state index in [4.69, 9.17) is 11.6 Å². The van der Waals surface area contributed by atoms with Gasteiger partial charge >= 0.3 is 0 Å². The molecule has 1 aromatic carbocycles. The third kappa shape index (κ3) is 1.88. The van der Waals surface area contributed by atoms with Crippen LogP contribution in [-0.2, 0) is 0 Å². The summed E-state index contributed by atoms with van der Waals surface area (Å²) in [5.41, 5.74) is 2.74. The lowest BCUT2D eigenvalue weighted by Gasteiger charge is -2.26. The summed E-state index contributed by atoms with van der Waals surface area (Å²) in [6.45, 7) is 2.03. The predicted molar refractivity (Wildman–Crippen MR) is 57.3 cm³/mol. The molecule has 0 bridgehead atoms. The van der Waals surface area contributed by atoms with Crippen molar-refractivity contribution < 1.29 is 0 Å². The van der Waals surface area contributed by atoms with Crippen LogP contribution in [0.3, 0.4) is 0 Å². The molecule has 0 heterocycles. The molecule has 2 rings (SSSR count). The van der Waals surface area contributed by atoms with Gasteiger partial charge in [-0.2, -0.15) is 0 Å². The van der Waals surface area contributed by atoms with Gasteiger partial charge in [-0.15, -0.1) is 11.6 Å². The molecule has 1 aromatic rings. The third-order valence-corrected chi connectivity index (χ3v) is 3.20. The minimum absolute atomic E-state index is 0.139. The van der Waals surface area contributed by atoms with Crippen LogP contribution in [0.4, 0.5) is 0 Å². The van der Waals surface area contributed by atoms with Gasteiger partial charge in [-0.05, 0) is 36.8 Å². The molecule has 1 unspecified atom stereocenters. The second kappa shape index (κ2) is 3.71. The summed E-state index contributed by atoms with van der Waals surface area (Å²) in [7, 11) is 0. The molecule has 1 aliphatic carbocycles. The van der Waals surface area contributed by atoms with Crippen molar-refractivity contribution in [3.8, 4) is 0 Å². The highest BCUT2D eigenvalue weighted by atomic mass is 35.5. The maximum atomic E-state index is 6.04. The fraction of sp³-hybridized carbons (Fsp3) is 0.500. The van der Waals surface area contributed by atoms with E-state index in [2.05, 4.69) is 24.3 Å². The van der Waals surface area contributed by atoms with E-state index < -0.39 is 0 Å². The monoisotopic (exact) mass is 194 g/mol. The standard InChI is InChI=1S/C12H15Cl/c1-9(13)11-6-3-7-12(8-11)10-4-2-5-10/h3,6-10H,2,4-5H2,1H3. The van der Waals surface area contributed by atoms with Crippen molar-refractivity contribution >= 4 is 11.6 Å². The largest absolute Gasteiger partial charge is 0.118 e. The predicted octanol–water partition coefficient (Wildman–Crippen LogP) is 4.25. The molecule has 0 saturated heterocycles. The van der Waals surface area contributed by atoms with Crippen molar-refractivity contribution in [2.75, 3.05) is 0 Å². The third-order valence-electron chi connectivity index (χ3n) is 2.95. The molecule has 0 nitrogen and oxygen atoms in total. The molecule has 0 aliphatic heterocycles. The topological polar surface area (TPSA) is 0 Å². The van der Waals surface area contributed by atoms with Crippen LogP contribution >= 0.6 is 11.6 Å². The Morgan fingerprint density at radius 3 is 2.69 bits per heavy atom. The van der Waals surface area contributed by atoms with Gasteiger partial charge in [0, 0.05) is 0 Å². The lowest BCUT2D eigenvalue weighted by atomic mass is 9.79. The molecule has 1 heteroatoms. The Kier molecular flexibility index (Phi) is 2.59. The van der Waals surface area contributed by atoms with Gasteiger partial charge in [0.1, 0.15) is 0 Å². The molecule has 70 valence electrons. The average molecular weight is 195 g/mol. The van der Waals surface area contributed by atoms with Crippen LogP contribution in [0.1, 0.15) is 48.6 Å². The lowest BCUT2D eigenvalue weighted by Crippen LogP contribution is -2.08. The van der Waals surface area contributed by atoms with E-state index in [-0.39, 0.29) is 5.38 Å². The van der Waals surface area contributed by atoms with E-state index in [1.165, 1.54) is 30.4 Å². The number of halogens is 1. The average Bonchev–Trinajstić information content (AvgIpc) is 2.01. The Morgan fingerprint density at radius 1 is 1.38 bits per heavy atom. The van der Waals surface area contributed by atoms with Crippen molar-refractivity contribution in [2.45, 2.75) is 37.5 Å². The van der Waals surface area contributed by atoms with Crippen molar-refractivity contribution in [1.82, 2.24) is 0 Å². The van der Waals surface area contributed by atoms with Crippen LogP contribution in [-0.4, -0.2) is 0 Å². The van der Waals surface area contributed by atoms with Gasteiger partial charge < -0.3 is 0 Å². The smallest absolute Gasteiger partial charge is 0.0557 e. The van der Waals surface area contributed by atoms with Gasteiger partial charge in [-0.3, -0.25) is 0 Å². The van der Waals surface area contributed by atoms with E-state index in [9.17, 15) is 0 Å². The fourth-order valence-electron chi connectivity index (χ4n) is 1.80. The summed E-state index contributed by atoms with van der Waals surface area (Å²) in [5, 5.41) is 0.139. The highest BCUT2D eigenvalue weighted by Gasteiger charge is 2.19. The van der Waals surface area contributed by atoms with Gasteiger partial charge in [0.2, 0.25) is 0 Å². The van der Waals surface area contributed by atoms with E-state index in [1.54, 1.807) is 0 Å². The first-order chi connectivity index (χ1) is 6.27. The maximum absolute atomic E-state index is 6.04. The van der Waals surface area contributed by atoms with Crippen LogP contribution in [0.2, 0.25) is 0 Å². The highest BCUT2D eigenvalue weighted by Crippen LogP contribution is 2.37. The quantitative estimate of drug-likeness (QED) is 0.618. The van der Waals surface area contributed by atoms with Crippen LogP contribution < -0.4 is 0 Å². The summed E-state index contributed by atoms with van der Waals surface area (Å²) >= 11 is 6.04. The molecule has 1 saturated carbocycles. The minimum Gasteiger partial charge on any atom is -0.118 e. The molecule has 0 aromatic heterocycles. The van der Waals surface area contributed by atoms with Gasteiger partial charge in [0.25, 0.3) is 0 Å². The molecule has 1 atom stereocenters. The molecule has 13 heavy (non-hydrogen) atoms. The van der Waals surface area contributed by atoms with Gasteiger partial charge in [-0.25, -0.2) is 0 Å². The van der Waals surface area contributed by atoms with Crippen LogP contribution in [0.15, 0.2) is 24.3 Å². The summed E-state index contributed by atoms with van der Waals surface area (Å²) in [4.78, 5) is 0. The van der Waals surface area contributed by atoms with Crippen molar-refractivity contribution in [3.05, 3.63) is 35.4 Å². The van der Waals surface area contributed by atoms with Crippen molar-refractivity contribution in [1.29, 1.82) is 0 Å². The fourth-order valence-corrected chi connectivity index (χ4v) is 1.94. The molecular formula is C12H15Cl. The van der Waals surface area contributed by atoms with E-state index in [1.807, 2.05) is 6.92 Å². The molecule has 0 amide bonds. The number of benzene rings is 1.